The number of hydrazone groups is 1. The number of fused-ring (bicyclic) bond motifs is 1. The van der Waals surface area contributed by atoms with Crippen molar-refractivity contribution in [3.05, 3.63) is 69.7 Å². The Labute approximate surface area is 140 Å². The molecule has 1 amide bonds. The maximum absolute atomic E-state index is 13.6. The highest BCUT2D eigenvalue weighted by molar-refractivity contribution is 6.33. The maximum Gasteiger partial charge on any atom is 0.307 e. The lowest BCUT2D eigenvalue weighted by Crippen LogP contribution is -2.16. The smallest absolute Gasteiger partial charge is 0.307 e. The van der Waals surface area contributed by atoms with Crippen LogP contribution in [0.4, 0.5) is 4.39 Å². The molecule has 1 aromatic heterocycles. The van der Waals surface area contributed by atoms with E-state index in [2.05, 4.69) is 10.5 Å². The first kappa shape index (κ1) is 15.5. The van der Waals surface area contributed by atoms with Crippen LogP contribution >= 0.6 is 23.2 Å². The summed E-state index contributed by atoms with van der Waals surface area (Å²) in [5, 5.41) is 5.13. The lowest BCUT2D eigenvalue weighted by molar-refractivity contribution is 0.0929. The molecule has 0 aliphatic rings. The van der Waals surface area contributed by atoms with Gasteiger partial charge in [-0.15, -0.1) is 0 Å². The third-order valence-electron chi connectivity index (χ3n) is 3.06. The minimum atomic E-state index is -0.568. The van der Waals surface area contributed by atoms with Crippen LogP contribution in [0.1, 0.15) is 16.1 Å². The lowest BCUT2D eigenvalue weighted by Gasteiger charge is -1.99. The van der Waals surface area contributed by atoms with Crippen molar-refractivity contribution in [1.29, 1.82) is 0 Å². The Bertz CT molecular complexity index is 901. The summed E-state index contributed by atoms with van der Waals surface area (Å²) in [6.45, 7) is 0. The van der Waals surface area contributed by atoms with Gasteiger partial charge in [-0.1, -0.05) is 29.3 Å². The molecule has 0 aliphatic carbocycles. The molecule has 3 rings (SSSR count). The number of carbonyl (C=O) groups excluding carboxylic acids is 1. The summed E-state index contributed by atoms with van der Waals surface area (Å²) >= 11 is 11.7. The van der Waals surface area contributed by atoms with E-state index in [0.717, 1.165) is 6.21 Å². The van der Waals surface area contributed by atoms with Gasteiger partial charge in [-0.3, -0.25) is 4.79 Å². The van der Waals surface area contributed by atoms with Crippen molar-refractivity contribution in [2.45, 2.75) is 0 Å². The predicted molar refractivity (Wildman–Crippen MR) is 87.7 cm³/mol. The first-order valence-electron chi connectivity index (χ1n) is 6.51. The molecule has 0 aliphatic heterocycles. The fourth-order valence-electron chi connectivity index (χ4n) is 1.97. The standard InChI is InChI=1S/C16H9Cl2FN2O2/c17-10-4-5-14-9(6-10)7-15(23-14)16(22)21-20-8-11-12(18)2-1-3-13(11)19/h1-8H,(H,21,22)/b20-8+. The monoisotopic (exact) mass is 350 g/mol. The van der Waals surface area contributed by atoms with Crippen LogP contribution in [-0.2, 0) is 0 Å². The van der Waals surface area contributed by atoms with E-state index in [1.807, 2.05) is 0 Å². The summed E-state index contributed by atoms with van der Waals surface area (Å²) in [6, 6.07) is 10.8. The van der Waals surface area contributed by atoms with Gasteiger partial charge < -0.3 is 4.42 Å². The molecule has 3 aromatic rings. The van der Waals surface area contributed by atoms with Crippen LogP contribution in [0.2, 0.25) is 10.0 Å². The minimum Gasteiger partial charge on any atom is -0.451 e. The Hall–Kier alpha value is -2.37. The number of carbonyl (C=O) groups is 1. The van der Waals surface area contributed by atoms with Crippen LogP contribution in [0, 0.1) is 5.82 Å². The average Bonchev–Trinajstić information content (AvgIpc) is 2.93. The molecular formula is C16H9Cl2FN2O2. The fraction of sp³-hybridized carbons (Fsp3) is 0. The molecule has 1 heterocycles. The number of hydrogen-bond donors (Lipinski definition) is 1. The molecule has 0 radical (unpaired) electrons. The molecular weight excluding hydrogens is 342 g/mol. The Kier molecular flexibility index (Phi) is 4.32. The predicted octanol–water partition coefficient (Wildman–Crippen LogP) is 4.64. The van der Waals surface area contributed by atoms with Gasteiger partial charge in [0.05, 0.1) is 11.2 Å². The quantitative estimate of drug-likeness (QED) is 0.552. The van der Waals surface area contributed by atoms with Gasteiger partial charge in [-0.25, -0.2) is 9.82 Å². The van der Waals surface area contributed by atoms with Crippen LogP contribution in [0.15, 0.2) is 52.0 Å². The number of nitrogens with one attached hydrogen (secondary N) is 1. The van der Waals surface area contributed by atoms with Crippen LogP contribution in [0.3, 0.4) is 0 Å². The van der Waals surface area contributed by atoms with Gasteiger partial charge >= 0.3 is 5.91 Å². The second-order valence-corrected chi connectivity index (χ2v) is 5.47. The van der Waals surface area contributed by atoms with Crippen molar-refractivity contribution in [3.8, 4) is 0 Å². The number of benzene rings is 2. The zero-order chi connectivity index (χ0) is 16.4. The highest BCUT2D eigenvalue weighted by Gasteiger charge is 2.12. The zero-order valence-electron chi connectivity index (χ0n) is 11.5. The highest BCUT2D eigenvalue weighted by Crippen LogP contribution is 2.23. The summed E-state index contributed by atoms with van der Waals surface area (Å²) in [5.74, 6) is -1.03. The highest BCUT2D eigenvalue weighted by atomic mass is 35.5. The zero-order valence-corrected chi connectivity index (χ0v) is 13.0. The van der Waals surface area contributed by atoms with Crippen LogP contribution in [0.5, 0.6) is 0 Å². The molecule has 0 unspecified atom stereocenters. The normalized spacial score (nSPS) is 11.3. The molecule has 0 bridgehead atoms. The van der Waals surface area contributed by atoms with E-state index >= 15 is 0 Å². The molecule has 4 nitrogen and oxygen atoms in total. The van der Waals surface area contributed by atoms with Gasteiger partial charge in [-0.2, -0.15) is 5.10 Å². The molecule has 2 aromatic carbocycles. The third kappa shape index (κ3) is 3.36. The van der Waals surface area contributed by atoms with E-state index < -0.39 is 11.7 Å². The summed E-state index contributed by atoms with van der Waals surface area (Å²) in [7, 11) is 0. The van der Waals surface area contributed by atoms with Crippen molar-refractivity contribution in [1.82, 2.24) is 5.43 Å². The summed E-state index contributed by atoms with van der Waals surface area (Å²) in [4.78, 5) is 12.0. The average molecular weight is 351 g/mol. The second-order valence-electron chi connectivity index (χ2n) is 4.63. The summed E-state index contributed by atoms with van der Waals surface area (Å²) in [5.41, 5.74) is 2.87. The van der Waals surface area contributed by atoms with E-state index in [4.69, 9.17) is 27.6 Å². The number of amides is 1. The van der Waals surface area contributed by atoms with Gasteiger partial charge in [0.15, 0.2) is 5.76 Å². The number of furan rings is 1. The molecule has 0 fully saturated rings. The Morgan fingerprint density at radius 1 is 1.22 bits per heavy atom. The van der Waals surface area contributed by atoms with E-state index in [0.29, 0.717) is 16.0 Å². The number of hydrogen-bond acceptors (Lipinski definition) is 3. The second kappa shape index (κ2) is 6.40. The van der Waals surface area contributed by atoms with Gasteiger partial charge in [0.1, 0.15) is 11.4 Å². The van der Waals surface area contributed by atoms with E-state index in [1.54, 1.807) is 24.3 Å². The minimum absolute atomic E-state index is 0.0686. The van der Waals surface area contributed by atoms with Crippen molar-refractivity contribution in [3.63, 3.8) is 0 Å². The first-order valence-corrected chi connectivity index (χ1v) is 7.27. The van der Waals surface area contributed by atoms with Crippen LogP contribution in [-0.4, -0.2) is 12.1 Å². The lowest BCUT2D eigenvalue weighted by atomic mass is 10.2. The molecule has 116 valence electrons. The van der Waals surface area contributed by atoms with Crippen LogP contribution < -0.4 is 5.43 Å². The molecule has 23 heavy (non-hydrogen) atoms. The maximum atomic E-state index is 13.6. The van der Waals surface area contributed by atoms with Crippen molar-refractivity contribution >= 4 is 46.3 Å². The topological polar surface area (TPSA) is 54.6 Å². The molecule has 0 atom stereocenters. The van der Waals surface area contributed by atoms with Gasteiger partial charge in [0.2, 0.25) is 0 Å². The Balaban J connectivity index is 1.77. The molecule has 0 saturated heterocycles. The van der Waals surface area contributed by atoms with E-state index in [9.17, 15) is 9.18 Å². The molecule has 1 N–H and O–H groups in total. The Morgan fingerprint density at radius 2 is 2.04 bits per heavy atom. The number of rotatable bonds is 3. The fourth-order valence-corrected chi connectivity index (χ4v) is 2.36. The third-order valence-corrected chi connectivity index (χ3v) is 3.63. The summed E-state index contributed by atoms with van der Waals surface area (Å²) < 4.78 is 18.9. The number of halogens is 3. The first-order chi connectivity index (χ1) is 11.0. The molecule has 7 heteroatoms. The molecule has 0 saturated carbocycles. The van der Waals surface area contributed by atoms with Gasteiger partial charge in [0, 0.05) is 16.0 Å². The van der Waals surface area contributed by atoms with Crippen molar-refractivity contribution in [2.75, 3.05) is 0 Å². The Morgan fingerprint density at radius 3 is 2.83 bits per heavy atom. The van der Waals surface area contributed by atoms with Crippen molar-refractivity contribution in [2.24, 2.45) is 5.10 Å². The van der Waals surface area contributed by atoms with Crippen molar-refractivity contribution < 1.29 is 13.6 Å². The number of nitrogens with zero attached hydrogens (tertiary/aromatic N) is 1. The van der Waals surface area contributed by atoms with Gasteiger partial charge in [0.25, 0.3) is 0 Å². The van der Waals surface area contributed by atoms with E-state index in [-0.39, 0.29) is 16.3 Å². The van der Waals surface area contributed by atoms with E-state index in [1.165, 1.54) is 18.2 Å². The SMILES string of the molecule is O=C(N/N=C/c1c(F)cccc1Cl)c1cc2cc(Cl)ccc2o1. The largest absolute Gasteiger partial charge is 0.451 e. The van der Waals surface area contributed by atoms with Crippen LogP contribution in [0.25, 0.3) is 11.0 Å². The van der Waals surface area contributed by atoms with Gasteiger partial charge in [-0.05, 0) is 36.4 Å². The molecule has 0 spiro atoms. The summed E-state index contributed by atoms with van der Waals surface area (Å²) in [6.07, 6.45) is 1.13.